The lowest BCUT2D eigenvalue weighted by Crippen LogP contribution is -2.48. The summed E-state index contributed by atoms with van der Waals surface area (Å²) in [4.78, 5) is 4.44. The van der Waals surface area contributed by atoms with E-state index in [4.69, 9.17) is 4.74 Å². The maximum atomic E-state index is 13.4. The zero-order valence-corrected chi connectivity index (χ0v) is 14.4. The fourth-order valence-corrected chi connectivity index (χ4v) is 5.91. The molecule has 7 heteroatoms. The average Bonchev–Trinajstić information content (AvgIpc) is 3.05. The standard InChI is InChI=1S/C17H21N3O3S/c1-23-15-11-18-10-12-4-2-6-16(17(12)15)24(21,22)20-9-7-13-14(20)5-3-8-19-13/h2,4,6,10-11,13-14,19H,3,5,7-9H2,1H3. The first-order chi connectivity index (χ1) is 11.6. The normalized spacial score (nSPS) is 24.9. The molecular formula is C17H21N3O3S. The monoisotopic (exact) mass is 347 g/mol. The Labute approximate surface area is 141 Å². The molecule has 2 atom stereocenters. The maximum Gasteiger partial charge on any atom is 0.244 e. The van der Waals surface area contributed by atoms with Gasteiger partial charge < -0.3 is 10.1 Å². The lowest BCUT2D eigenvalue weighted by Gasteiger charge is -2.32. The third-order valence-corrected chi connectivity index (χ3v) is 7.06. The number of hydrogen-bond acceptors (Lipinski definition) is 5. The van der Waals surface area contributed by atoms with Crippen LogP contribution in [-0.4, -0.2) is 50.0 Å². The number of methoxy groups -OCH3 is 1. The topological polar surface area (TPSA) is 71.5 Å². The minimum atomic E-state index is -3.58. The van der Waals surface area contributed by atoms with Crippen molar-refractivity contribution in [1.82, 2.24) is 14.6 Å². The number of rotatable bonds is 3. The summed E-state index contributed by atoms with van der Waals surface area (Å²) in [5.41, 5.74) is 0. The zero-order chi connectivity index (χ0) is 16.7. The highest BCUT2D eigenvalue weighted by Gasteiger charge is 2.43. The first kappa shape index (κ1) is 15.8. The zero-order valence-electron chi connectivity index (χ0n) is 13.6. The molecule has 1 aromatic carbocycles. The van der Waals surface area contributed by atoms with Gasteiger partial charge in [0.15, 0.2) is 0 Å². The molecule has 6 nitrogen and oxygen atoms in total. The van der Waals surface area contributed by atoms with E-state index in [0.717, 1.165) is 31.2 Å². The van der Waals surface area contributed by atoms with E-state index >= 15 is 0 Å². The summed E-state index contributed by atoms with van der Waals surface area (Å²) in [7, 11) is -2.04. The van der Waals surface area contributed by atoms with Crippen molar-refractivity contribution in [3.05, 3.63) is 30.6 Å². The van der Waals surface area contributed by atoms with E-state index in [9.17, 15) is 8.42 Å². The van der Waals surface area contributed by atoms with Crippen molar-refractivity contribution in [2.45, 2.75) is 36.2 Å². The van der Waals surface area contributed by atoms with E-state index in [1.54, 1.807) is 28.8 Å². The van der Waals surface area contributed by atoms with Gasteiger partial charge in [-0.25, -0.2) is 8.42 Å². The number of aromatic nitrogens is 1. The molecule has 0 amide bonds. The molecule has 3 heterocycles. The molecule has 4 rings (SSSR count). The highest BCUT2D eigenvalue weighted by molar-refractivity contribution is 7.89. The van der Waals surface area contributed by atoms with Crippen LogP contribution in [0.2, 0.25) is 0 Å². The Bertz CT molecular complexity index is 863. The summed E-state index contributed by atoms with van der Waals surface area (Å²) in [5.74, 6) is 0.490. The van der Waals surface area contributed by atoms with Crippen molar-refractivity contribution in [3.8, 4) is 5.75 Å². The van der Waals surface area contributed by atoms with Gasteiger partial charge in [-0.15, -0.1) is 0 Å². The van der Waals surface area contributed by atoms with Crippen LogP contribution in [0.15, 0.2) is 35.5 Å². The van der Waals surface area contributed by atoms with Gasteiger partial charge in [0.05, 0.1) is 18.2 Å². The van der Waals surface area contributed by atoms with Gasteiger partial charge in [0.25, 0.3) is 0 Å². The molecule has 2 unspecified atom stereocenters. The second-order valence-electron chi connectivity index (χ2n) is 6.37. The van der Waals surface area contributed by atoms with Crippen molar-refractivity contribution < 1.29 is 13.2 Å². The van der Waals surface area contributed by atoms with Crippen molar-refractivity contribution in [2.75, 3.05) is 20.2 Å². The minimum Gasteiger partial charge on any atom is -0.494 e. The van der Waals surface area contributed by atoms with Crippen LogP contribution in [0.5, 0.6) is 5.75 Å². The molecule has 0 spiro atoms. The van der Waals surface area contributed by atoms with Crippen LogP contribution in [0.25, 0.3) is 10.8 Å². The van der Waals surface area contributed by atoms with Crippen LogP contribution in [0.4, 0.5) is 0 Å². The van der Waals surface area contributed by atoms with Crippen LogP contribution in [0, 0.1) is 0 Å². The van der Waals surface area contributed by atoms with Gasteiger partial charge in [0, 0.05) is 35.6 Å². The van der Waals surface area contributed by atoms with E-state index in [1.165, 1.54) is 7.11 Å². The molecule has 2 aromatic rings. The fraction of sp³-hybridized carbons (Fsp3) is 0.471. The predicted octanol–water partition coefficient (Wildman–Crippen LogP) is 1.76. The molecule has 2 aliphatic rings. The Balaban J connectivity index is 1.84. The van der Waals surface area contributed by atoms with Gasteiger partial charge in [-0.05, 0) is 31.9 Å². The van der Waals surface area contributed by atoms with E-state index < -0.39 is 10.0 Å². The molecule has 2 saturated heterocycles. The largest absolute Gasteiger partial charge is 0.494 e. The van der Waals surface area contributed by atoms with E-state index in [2.05, 4.69) is 10.3 Å². The molecule has 1 N–H and O–H groups in total. The van der Waals surface area contributed by atoms with Crippen LogP contribution >= 0.6 is 0 Å². The second-order valence-corrected chi connectivity index (χ2v) is 8.23. The lowest BCUT2D eigenvalue weighted by atomic mass is 10.0. The maximum absolute atomic E-state index is 13.4. The predicted molar refractivity (Wildman–Crippen MR) is 91.6 cm³/mol. The molecule has 2 aliphatic heterocycles. The van der Waals surface area contributed by atoms with Crippen LogP contribution in [-0.2, 0) is 10.0 Å². The van der Waals surface area contributed by atoms with E-state index in [1.807, 2.05) is 6.07 Å². The minimum absolute atomic E-state index is 0.0480. The first-order valence-electron chi connectivity index (χ1n) is 8.29. The van der Waals surface area contributed by atoms with Gasteiger partial charge in [-0.2, -0.15) is 4.31 Å². The van der Waals surface area contributed by atoms with Crippen molar-refractivity contribution in [3.63, 3.8) is 0 Å². The Hall–Kier alpha value is -1.70. The Kier molecular flexibility index (Phi) is 3.94. The molecule has 0 radical (unpaired) electrons. The number of benzene rings is 1. The highest BCUT2D eigenvalue weighted by atomic mass is 32.2. The number of sulfonamides is 1. The van der Waals surface area contributed by atoms with E-state index in [0.29, 0.717) is 22.6 Å². The summed E-state index contributed by atoms with van der Waals surface area (Å²) in [6, 6.07) is 5.62. The van der Waals surface area contributed by atoms with Crippen molar-refractivity contribution in [2.24, 2.45) is 0 Å². The lowest BCUT2D eigenvalue weighted by molar-refractivity contribution is 0.289. The van der Waals surface area contributed by atoms with Gasteiger partial charge in [-0.3, -0.25) is 4.98 Å². The summed E-state index contributed by atoms with van der Waals surface area (Å²) in [6.45, 7) is 1.54. The number of hydrogen-bond donors (Lipinski definition) is 1. The second kappa shape index (κ2) is 5.98. The first-order valence-corrected chi connectivity index (χ1v) is 9.73. The quantitative estimate of drug-likeness (QED) is 0.916. The Morgan fingerprint density at radius 3 is 3.00 bits per heavy atom. The summed E-state index contributed by atoms with van der Waals surface area (Å²) in [5, 5.41) is 4.84. The van der Waals surface area contributed by atoms with Gasteiger partial charge in [-0.1, -0.05) is 12.1 Å². The van der Waals surface area contributed by atoms with Gasteiger partial charge >= 0.3 is 0 Å². The van der Waals surface area contributed by atoms with Crippen molar-refractivity contribution >= 4 is 20.8 Å². The van der Waals surface area contributed by atoms with Gasteiger partial charge in [0.2, 0.25) is 10.0 Å². The summed E-state index contributed by atoms with van der Waals surface area (Å²) in [6.07, 6.45) is 6.03. The number of ether oxygens (including phenoxy) is 1. The molecular weight excluding hydrogens is 326 g/mol. The van der Waals surface area contributed by atoms with E-state index in [-0.39, 0.29) is 12.1 Å². The van der Waals surface area contributed by atoms with Crippen LogP contribution in [0.1, 0.15) is 19.3 Å². The van der Waals surface area contributed by atoms with Crippen molar-refractivity contribution in [1.29, 1.82) is 0 Å². The number of pyridine rings is 1. The number of fused-ring (bicyclic) bond motifs is 2. The summed E-state index contributed by atoms with van der Waals surface area (Å²) < 4.78 is 33.8. The number of nitrogens with zero attached hydrogens (tertiary/aromatic N) is 2. The molecule has 0 aliphatic carbocycles. The fourth-order valence-electron chi connectivity index (χ4n) is 3.97. The molecule has 2 fully saturated rings. The Morgan fingerprint density at radius 1 is 1.29 bits per heavy atom. The van der Waals surface area contributed by atoms with Gasteiger partial charge in [0.1, 0.15) is 5.75 Å². The summed E-state index contributed by atoms with van der Waals surface area (Å²) >= 11 is 0. The average molecular weight is 347 g/mol. The molecule has 24 heavy (non-hydrogen) atoms. The Morgan fingerprint density at radius 2 is 2.17 bits per heavy atom. The smallest absolute Gasteiger partial charge is 0.244 e. The number of nitrogens with one attached hydrogen (secondary N) is 1. The van der Waals surface area contributed by atoms with Crippen LogP contribution < -0.4 is 10.1 Å². The molecule has 128 valence electrons. The SMILES string of the molecule is COc1cncc2cccc(S(=O)(=O)N3CCC4NCCCC43)c12. The molecule has 0 bridgehead atoms. The molecule has 1 aromatic heterocycles. The third kappa shape index (κ3) is 2.39. The number of piperidine rings is 1. The molecule has 0 saturated carbocycles. The highest BCUT2D eigenvalue weighted by Crippen LogP contribution is 2.36. The third-order valence-electron chi connectivity index (χ3n) is 5.09. The van der Waals surface area contributed by atoms with Crippen LogP contribution in [0.3, 0.4) is 0 Å².